The van der Waals surface area contributed by atoms with Gasteiger partial charge in [-0.25, -0.2) is 0 Å². The standard InChI is InChI=1S/C12H20N2O3/c1-8(2)9(15)7-10-13-11(14-17-10)12(16-3)5-4-6-12/h8-9,15H,4-7H2,1-3H3. The molecule has 0 saturated heterocycles. The van der Waals surface area contributed by atoms with E-state index in [0.717, 1.165) is 19.3 Å². The van der Waals surface area contributed by atoms with Crippen LogP contribution in [0.4, 0.5) is 0 Å². The van der Waals surface area contributed by atoms with Crippen molar-refractivity contribution in [2.45, 2.75) is 51.2 Å². The molecular formula is C12H20N2O3. The van der Waals surface area contributed by atoms with Gasteiger partial charge in [0, 0.05) is 7.11 Å². The number of hydrogen-bond acceptors (Lipinski definition) is 5. The van der Waals surface area contributed by atoms with Crippen LogP contribution >= 0.6 is 0 Å². The first-order chi connectivity index (χ1) is 8.07. The Morgan fingerprint density at radius 3 is 2.65 bits per heavy atom. The van der Waals surface area contributed by atoms with Crippen molar-refractivity contribution in [1.29, 1.82) is 0 Å². The number of ether oxygens (including phenoxy) is 1. The Morgan fingerprint density at radius 1 is 1.47 bits per heavy atom. The third kappa shape index (κ3) is 2.35. The summed E-state index contributed by atoms with van der Waals surface area (Å²) in [4.78, 5) is 4.33. The first-order valence-electron chi connectivity index (χ1n) is 6.14. The summed E-state index contributed by atoms with van der Waals surface area (Å²) in [5.41, 5.74) is -0.343. The Hall–Kier alpha value is -0.940. The maximum Gasteiger partial charge on any atom is 0.229 e. The molecular weight excluding hydrogens is 220 g/mol. The second-order valence-electron chi connectivity index (χ2n) is 5.08. The molecule has 17 heavy (non-hydrogen) atoms. The van der Waals surface area contributed by atoms with Crippen LogP contribution in [-0.4, -0.2) is 28.5 Å². The summed E-state index contributed by atoms with van der Waals surface area (Å²) >= 11 is 0. The van der Waals surface area contributed by atoms with E-state index in [2.05, 4.69) is 10.1 Å². The van der Waals surface area contributed by atoms with Crippen LogP contribution in [0.3, 0.4) is 0 Å². The fourth-order valence-electron chi connectivity index (χ4n) is 1.95. The highest BCUT2D eigenvalue weighted by atomic mass is 16.5. The van der Waals surface area contributed by atoms with E-state index in [1.54, 1.807) is 7.11 Å². The smallest absolute Gasteiger partial charge is 0.229 e. The van der Waals surface area contributed by atoms with Crippen molar-refractivity contribution in [3.8, 4) is 0 Å². The molecule has 0 aromatic carbocycles. The molecule has 1 unspecified atom stereocenters. The van der Waals surface area contributed by atoms with Crippen molar-refractivity contribution in [2.75, 3.05) is 7.11 Å². The lowest BCUT2D eigenvalue weighted by molar-refractivity contribution is -0.0858. The first-order valence-corrected chi connectivity index (χ1v) is 6.14. The molecule has 1 N–H and O–H groups in total. The lowest BCUT2D eigenvalue weighted by atomic mass is 9.79. The summed E-state index contributed by atoms with van der Waals surface area (Å²) in [6.07, 6.45) is 2.98. The van der Waals surface area contributed by atoms with Crippen LogP contribution < -0.4 is 0 Å². The minimum Gasteiger partial charge on any atom is -0.392 e. The van der Waals surface area contributed by atoms with Crippen molar-refractivity contribution in [3.63, 3.8) is 0 Å². The second kappa shape index (κ2) is 4.74. The summed E-state index contributed by atoms with van der Waals surface area (Å²) < 4.78 is 10.6. The molecule has 0 bridgehead atoms. The van der Waals surface area contributed by atoms with Gasteiger partial charge in [0.2, 0.25) is 11.7 Å². The molecule has 0 aliphatic heterocycles. The van der Waals surface area contributed by atoms with Crippen LogP contribution in [-0.2, 0) is 16.8 Å². The van der Waals surface area contributed by atoms with Gasteiger partial charge in [-0.2, -0.15) is 4.98 Å². The van der Waals surface area contributed by atoms with Gasteiger partial charge in [-0.05, 0) is 25.2 Å². The summed E-state index contributed by atoms with van der Waals surface area (Å²) in [6, 6.07) is 0. The van der Waals surface area contributed by atoms with E-state index in [1.807, 2.05) is 13.8 Å². The molecule has 1 fully saturated rings. The normalized spacial score (nSPS) is 20.3. The predicted molar refractivity (Wildman–Crippen MR) is 61.4 cm³/mol. The van der Waals surface area contributed by atoms with Gasteiger partial charge in [0.25, 0.3) is 0 Å². The molecule has 1 aromatic heterocycles. The van der Waals surface area contributed by atoms with Gasteiger partial charge in [0.05, 0.1) is 12.5 Å². The highest BCUT2D eigenvalue weighted by Crippen LogP contribution is 2.42. The van der Waals surface area contributed by atoms with Crippen LogP contribution in [0.2, 0.25) is 0 Å². The predicted octanol–water partition coefficient (Wildman–Crippen LogP) is 1.65. The largest absolute Gasteiger partial charge is 0.392 e. The zero-order valence-electron chi connectivity index (χ0n) is 10.6. The maximum atomic E-state index is 9.76. The molecule has 1 aromatic rings. The second-order valence-corrected chi connectivity index (χ2v) is 5.08. The molecule has 1 heterocycles. The van der Waals surface area contributed by atoms with Crippen molar-refractivity contribution >= 4 is 0 Å². The van der Waals surface area contributed by atoms with Crippen LogP contribution in [0, 0.1) is 5.92 Å². The quantitative estimate of drug-likeness (QED) is 0.847. The van der Waals surface area contributed by atoms with Gasteiger partial charge < -0.3 is 14.4 Å². The van der Waals surface area contributed by atoms with Gasteiger partial charge in [0.1, 0.15) is 5.60 Å². The number of hydrogen-bond donors (Lipinski definition) is 1. The molecule has 1 atom stereocenters. The van der Waals surface area contributed by atoms with Crippen LogP contribution in [0.5, 0.6) is 0 Å². The summed E-state index contributed by atoms with van der Waals surface area (Å²) in [6.45, 7) is 3.93. The van der Waals surface area contributed by atoms with Crippen molar-refractivity contribution in [3.05, 3.63) is 11.7 Å². The number of methoxy groups -OCH3 is 1. The van der Waals surface area contributed by atoms with E-state index >= 15 is 0 Å². The van der Waals surface area contributed by atoms with E-state index in [-0.39, 0.29) is 11.5 Å². The molecule has 5 heteroatoms. The Bertz CT molecular complexity index is 366. The first kappa shape index (κ1) is 12.5. The molecule has 0 amide bonds. The van der Waals surface area contributed by atoms with E-state index in [0.29, 0.717) is 18.1 Å². The lowest BCUT2D eigenvalue weighted by Gasteiger charge is -2.37. The zero-order chi connectivity index (χ0) is 12.5. The average Bonchev–Trinajstić information content (AvgIpc) is 2.66. The molecule has 1 aliphatic rings. The number of nitrogens with zero attached hydrogens (tertiary/aromatic N) is 2. The highest BCUT2D eigenvalue weighted by molar-refractivity contribution is 5.06. The third-order valence-electron chi connectivity index (χ3n) is 3.58. The van der Waals surface area contributed by atoms with E-state index in [1.165, 1.54) is 0 Å². The molecule has 96 valence electrons. The number of aliphatic hydroxyl groups excluding tert-OH is 1. The van der Waals surface area contributed by atoms with Crippen molar-refractivity contribution < 1.29 is 14.4 Å². The van der Waals surface area contributed by atoms with Gasteiger partial charge in [-0.1, -0.05) is 19.0 Å². The Balaban J connectivity index is 2.05. The zero-order valence-corrected chi connectivity index (χ0v) is 10.6. The van der Waals surface area contributed by atoms with Gasteiger partial charge in [-0.15, -0.1) is 0 Å². The number of rotatable bonds is 5. The van der Waals surface area contributed by atoms with Gasteiger partial charge in [-0.3, -0.25) is 0 Å². The molecule has 1 saturated carbocycles. The monoisotopic (exact) mass is 240 g/mol. The van der Waals surface area contributed by atoms with E-state index in [9.17, 15) is 5.11 Å². The van der Waals surface area contributed by atoms with Crippen LogP contribution in [0.15, 0.2) is 4.52 Å². The van der Waals surface area contributed by atoms with Gasteiger partial charge in [0.15, 0.2) is 0 Å². The maximum absolute atomic E-state index is 9.76. The molecule has 0 spiro atoms. The molecule has 0 radical (unpaired) electrons. The van der Waals surface area contributed by atoms with Crippen LogP contribution in [0.1, 0.15) is 44.8 Å². The summed E-state index contributed by atoms with van der Waals surface area (Å²) in [5.74, 6) is 1.30. The Kier molecular flexibility index (Phi) is 3.49. The molecule has 5 nitrogen and oxygen atoms in total. The molecule has 1 aliphatic carbocycles. The molecule has 2 rings (SSSR count). The van der Waals surface area contributed by atoms with Crippen molar-refractivity contribution in [2.24, 2.45) is 5.92 Å². The van der Waals surface area contributed by atoms with Crippen molar-refractivity contribution in [1.82, 2.24) is 10.1 Å². The topological polar surface area (TPSA) is 68.4 Å². The fourth-order valence-corrected chi connectivity index (χ4v) is 1.95. The fraction of sp³-hybridized carbons (Fsp3) is 0.833. The summed E-state index contributed by atoms with van der Waals surface area (Å²) in [7, 11) is 1.68. The minimum absolute atomic E-state index is 0.186. The minimum atomic E-state index is -0.441. The SMILES string of the molecule is COC1(c2noc(CC(O)C(C)C)n2)CCC1. The highest BCUT2D eigenvalue weighted by Gasteiger charge is 2.43. The average molecular weight is 240 g/mol. The number of aliphatic hydroxyl groups is 1. The lowest BCUT2D eigenvalue weighted by Crippen LogP contribution is -2.37. The Labute approximate surface area is 101 Å². The van der Waals surface area contributed by atoms with Gasteiger partial charge >= 0.3 is 0 Å². The summed E-state index contributed by atoms with van der Waals surface area (Å²) in [5, 5.41) is 13.7. The van der Waals surface area contributed by atoms with E-state index < -0.39 is 6.10 Å². The third-order valence-corrected chi connectivity index (χ3v) is 3.58. The Morgan fingerprint density at radius 2 is 2.18 bits per heavy atom. The van der Waals surface area contributed by atoms with Crippen LogP contribution in [0.25, 0.3) is 0 Å². The number of aromatic nitrogens is 2. The van der Waals surface area contributed by atoms with E-state index in [4.69, 9.17) is 9.26 Å².